The minimum atomic E-state index is -8.41. The molecule has 0 bridgehead atoms. The van der Waals surface area contributed by atoms with Crippen molar-refractivity contribution in [1.29, 1.82) is 0 Å². The first-order valence-corrected chi connectivity index (χ1v) is 10.2. The van der Waals surface area contributed by atoms with Crippen LogP contribution in [0.15, 0.2) is 0 Å². The number of aliphatic carboxylic acids is 1. The van der Waals surface area contributed by atoms with Crippen molar-refractivity contribution < 1.29 is 84.5 Å². The second kappa shape index (κ2) is 8.94. The first-order chi connectivity index (χ1) is 14.0. The summed E-state index contributed by atoms with van der Waals surface area (Å²) >= 11 is -4.36. The van der Waals surface area contributed by atoms with E-state index in [4.69, 9.17) is 5.11 Å². The van der Waals surface area contributed by atoms with E-state index in [2.05, 4.69) is 0 Å². The molecule has 0 fully saturated rings. The van der Waals surface area contributed by atoms with E-state index in [1.165, 1.54) is 0 Å². The average Bonchev–Trinajstić information content (AvgIpc) is 2.57. The van der Waals surface area contributed by atoms with Crippen LogP contribution in [0.4, 0.5) is 74.6 Å². The number of hydrogen-bond donors (Lipinski definition) is 1. The number of rotatable bonds is 11. The Kier molecular flexibility index (Phi) is 8.68. The van der Waals surface area contributed by atoms with E-state index in [1.54, 1.807) is 0 Å². The van der Waals surface area contributed by atoms with Crippen LogP contribution >= 0.6 is 0 Å². The van der Waals surface area contributed by atoms with E-state index in [-0.39, 0.29) is 6.92 Å². The van der Waals surface area contributed by atoms with Gasteiger partial charge in [-0.2, -0.15) is 0 Å². The topological polar surface area (TPSA) is 37.3 Å². The zero-order chi connectivity index (χ0) is 27.3. The van der Waals surface area contributed by atoms with E-state index in [0.29, 0.717) is 0 Å². The predicted molar refractivity (Wildman–Crippen MR) is 72.7 cm³/mol. The van der Waals surface area contributed by atoms with Crippen LogP contribution in [-0.4, -0.2) is 77.7 Å². The fourth-order valence-corrected chi connectivity index (χ4v) is 4.15. The molecular weight excluding hydrogens is 639 g/mol. The standard InChI is InChI=1S/C13H9F17O2Te/c1-4(5(31)32)33-13(29,30)12(27,28)11(25,26)10(23,24)9(21,22)8(19,20)6(14,15)2-3-7(16,17)18/h4H,2-3H2,1H3,(H,31,32). The van der Waals surface area contributed by atoms with Gasteiger partial charge in [-0.1, -0.05) is 0 Å². The molecule has 0 aromatic heterocycles. The Balaban J connectivity index is 6.47. The van der Waals surface area contributed by atoms with Crippen LogP contribution < -0.4 is 0 Å². The number of carbonyl (C=O) groups is 1. The van der Waals surface area contributed by atoms with Gasteiger partial charge < -0.3 is 0 Å². The van der Waals surface area contributed by atoms with Gasteiger partial charge in [0.1, 0.15) is 0 Å². The monoisotopic (exact) mass is 650 g/mol. The summed E-state index contributed by atoms with van der Waals surface area (Å²) in [4.78, 5) is 10.4. The van der Waals surface area contributed by atoms with E-state index in [9.17, 15) is 79.4 Å². The first kappa shape index (κ1) is 32.1. The van der Waals surface area contributed by atoms with Crippen molar-refractivity contribution in [2.75, 3.05) is 0 Å². The van der Waals surface area contributed by atoms with Crippen molar-refractivity contribution in [1.82, 2.24) is 0 Å². The third-order valence-corrected chi connectivity index (χ3v) is 6.96. The second-order valence-corrected chi connectivity index (χ2v) is 10.5. The molecule has 1 atom stereocenters. The Bertz CT molecular complexity index is 714. The summed E-state index contributed by atoms with van der Waals surface area (Å²) in [5.41, 5.74) is 0. The number of halogens is 17. The van der Waals surface area contributed by atoms with Gasteiger partial charge in [0.15, 0.2) is 0 Å². The van der Waals surface area contributed by atoms with Crippen LogP contribution in [0.5, 0.6) is 0 Å². The molecule has 0 saturated carbocycles. The molecule has 2 nitrogen and oxygen atoms in total. The molecule has 0 aliphatic heterocycles. The molecule has 0 aromatic carbocycles. The van der Waals surface area contributed by atoms with Crippen molar-refractivity contribution in [2.24, 2.45) is 0 Å². The van der Waals surface area contributed by atoms with Gasteiger partial charge in [-0.05, 0) is 0 Å². The number of carboxylic acid groups (broad SMARTS) is 1. The normalized spacial score (nSPS) is 16.7. The van der Waals surface area contributed by atoms with Gasteiger partial charge in [-0.25, -0.2) is 0 Å². The molecule has 1 unspecified atom stereocenters. The van der Waals surface area contributed by atoms with E-state index >= 15 is 0 Å². The van der Waals surface area contributed by atoms with Crippen LogP contribution in [0.3, 0.4) is 0 Å². The zero-order valence-corrected chi connectivity index (χ0v) is 17.5. The van der Waals surface area contributed by atoms with Crippen LogP contribution in [0.2, 0.25) is 3.97 Å². The minimum absolute atomic E-state index is 0.203. The maximum absolute atomic E-state index is 13.6. The van der Waals surface area contributed by atoms with Gasteiger partial charge in [-0.15, -0.1) is 0 Å². The molecule has 0 saturated heterocycles. The second-order valence-electron chi connectivity index (χ2n) is 6.31. The first-order valence-electron chi connectivity index (χ1n) is 7.65. The molecule has 198 valence electrons. The summed E-state index contributed by atoms with van der Waals surface area (Å²) in [6, 6.07) is 0. The summed E-state index contributed by atoms with van der Waals surface area (Å²) in [5.74, 6) is -49.7. The summed E-state index contributed by atoms with van der Waals surface area (Å²) in [6.45, 7) is 0.203. The van der Waals surface area contributed by atoms with Crippen molar-refractivity contribution in [3.8, 4) is 0 Å². The maximum atomic E-state index is 13.6. The van der Waals surface area contributed by atoms with Crippen molar-refractivity contribution in [2.45, 2.75) is 69.4 Å². The molecule has 0 rings (SSSR count). The van der Waals surface area contributed by atoms with E-state index < -0.39 is 89.4 Å². The van der Waals surface area contributed by atoms with Gasteiger partial charge in [-0.3, -0.25) is 0 Å². The molecule has 33 heavy (non-hydrogen) atoms. The van der Waals surface area contributed by atoms with Crippen molar-refractivity contribution in [3.63, 3.8) is 0 Å². The third kappa shape index (κ3) is 5.50. The average molecular weight is 648 g/mol. The van der Waals surface area contributed by atoms with E-state index in [1.807, 2.05) is 0 Å². The van der Waals surface area contributed by atoms with Crippen LogP contribution in [0, 0.1) is 0 Å². The number of hydrogen-bond acceptors (Lipinski definition) is 1. The Hall–Kier alpha value is -0.930. The molecular formula is C13H9F17O2Te. The summed E-state index contributed by atoms with van der Waals surface area (Å²) in [5, 5.41) is 8.34. The van der Waals surface area contributed by atoms with Gasteiger partial charge >= 0.3 is 181 Å². The quantitative estimate of drug-likeness (QED) is 0.210. The number of alkyl halides is 17. The molecule has 0 aliphatic carbocycles. The van der Waals surface area contributed by atoms with Gasteiger partial charge in [0.25, 0.3) is 0 Å². The molecule has 1 N–H and O–H groups in total. The Morgan fingerprint density at radius 3 is 1.30 bits per heavy atom. The fraction of sp³-hybridized carbons (Fsp3) is 0.923. The van der Waals surface area contributed by atoms with Crippen LogP contribution in [-0.2, 0) is 4.79 Å². The number of carboxylic acids is 1. The van der Waals surface area contributed by atoms with Gasteiger partial charge in [0, 0.05) is 0 Å². The zero-order valence-electron chi connectivity index (χ0n) is 15.2. The van der Waals surface area contributed by atoms with Crippen molar-refractivity contribution >= 4 is 26.9 Å². The Morgan fingerprint density at radius 1 is 0.636 bits per heavy atom. The van der Waals surface area contributed by atoms with Gasteiger partial charge in [0.05, 0.1) is 0 Å². The third-order valence-electron chi connectivity index (χ3n) is 3.80. The Morgan fingerprint density at radius 2 is 0.970 bits per heavy atom. The Labute approximate surface area is 181 Å². The summed E-state index contributed by atoms with van der Waals surface area (Å²) < 4.78 is 215. The summed E-state index contributed by atoms with van der Waals surface area (Å²) in [7, 11) is 0. The SMILES string of the molecule is CC([Te]C(F)(F)C(F)(F)C(F)(F)C(F)(F)C(F)(F)C(F)(F)C(F)(F)CCC(F)(F)F)C(=O)O. The predicted octanol–water partition coefficient (Wildman–Crippen LogP) is 6.33. The van der Waals surface area contributed by atoms with Crippen molar-refractivity contribution in [3.05, 3.63) is 0 Å². The van der Waals surface area contributed by atoms with Crippen LogP contribution in [0.25, 0.3) is 0 Å². The molecule has 0 aliphatic rings. The molecule has 0 spiro atoms. The molecule has 0 aromatic rings. The molecule has 0 heterocycles. The molecule has 20 heteroatoms. The molecule has 0 amide bonds. The fourth-order valence-electron chi connectivity index (χ4n) is 1.81. The van der Waals surface area contributed by atoms with Gasteiger partial charge in [0.2, 0.25) is 0 Å². The summed E-state index contributed by atoms with van der Waals surface area (Å²) in [6.07, 6.45) is -12.2. The molecule has 0 radical (unpaired) electrons. The van der Waals surface area contributed by atoms with Crippen LogP contribution in [0.1, 0.15) is 19.8 Å². The van der Waals surface area contributed by atoms with E-state index in [0.717, 1.165) is 0 Å².